The topological polar surface area (TPSA) is 38.3 Å². The van der Waals surface area contributed by atoms with Gasteiger partial charge in [0.2, 0.25) is 0 Å². The second-order valence-corrected chi connectivity index (χ2v) is 3.75. The number of ether oxygens (including phenoxy) is 1. The number of nitrogens with one attached hydrogen (secondary N) is 1. The first-order valence-electron chi connectivity index (χ1n) is 5.19. The van der Waals surface area contributed by atoms with Crippen LogP contribution in [-0.2, 0) is 16.1 Å². The summed E-state index contributed by atoms with van der Waals surface area (Å²) >= 11 is 0. The molecule has 0 radical (unpaired) electrons. The summed E-state index contributed by atoms with van der Waals surface area (Å²) in [5.41, 5.74) is 2.66. The predicted octanol–water partition coefficient (Wildman–Crippen LogP) is 1.78. The highest BCUT2D eigenvalue weighted by atomic mass is 16.5. The minimum Gasteiger partial charge on any atom is -0.469 e. The molecule has 1 aromatic carbocycles. The fourth-order valence-corrected chi connectivity index (χ4v) is 2.00. The maximum atomic E-state index is 11.0. The van der Waals surface area contributed by atoms with E-state index in [1.807, 2.05) is 12.1 Å². The molecule has 2 rings (SSSR count). The Labute approximate surface area is 89.4 Å². The van der Waals surface area contributed by atoms with Crippen LogP contribution in [0.15, 0.2) is 24.3 Å². The average molecular weight is 205 g/mol. The molecule has 1 aliphatic heterocycles. The van der Waals surface area contributed by atoms with E-state index in [9.17, 15) is 4.79 Å². The summed E-state index contributed by atoms with van der Waals surface area (Å²) in [4.78, 5) is 11.0. The first-order valence-corrected chi connectivity index (χ1v) is 5.19. The number of carbonyl (C=O) groups is 1. The molecule has 1 aliphatic rings. The van der Waals surface area contributed by atoms with Crippen LogP contribution >= 0.6 is 0 Å². The van der Waals surface area contributed by atoms with Crippen LogP contribution in [0.4, 0.5) is 0 Å². The van der Waals surface area contributed by atoms with Gasteiger partial charge in [0.05, 0.1) is 7.11 Å². The average Bonchev–Trinajstić information content (AvgIpc) is 2.69. The van der Waals surface area contributed by atoms with Crippen LogP contribution in [0.3, 0.4) is 0 Å². The minimum atomic E-state index is -0.138. The lowest BCUT2D eigenvalue weighted by Gasteiger charge is -2.10. The van der Waals surface area contributed by atoms with Gasteiger partial charge in [0.1, 0.15) is 0 Å². The van der Waals surface area contributed by atoms with Gasteiger partial charge in [-0.3, -0.25) is 4.79 Å². The molecule has 0 spiro atoms. The van der Waals surface area contributed by atoms with E-state index in [-0.39, 0.29) is 5.97 Å². The van der Waals surface area contributed by atoms with Crippen LogP contribution in [0, 0.1) is 0 Å². The zero-order chi connectivity index (χ0) is 10.7. The van der Waals surface area contributed by atoms with Crippen molar-refractivity contribution in [3.8, 4) is 0 Å². The third-order valence-corrected chi connectivity index (χ3v) is 2.83. The monoisotopic (exact) mass is 205 g/mol. The summed E-state index contributed by atoms with van der Waals surface area (Å²) < 4.78 is 4.63. The lowest BCUT2D eigenvalue weighted by molar-refractivity contribution is -0.140. The molecule has 0 aromatic heterocycles. The third-order valence-electron chi connectivity index (χ3n) is 2.83. The van der Waals surface area contributed by atoms with Gasteiger partial charge in [-0.2, -0.15) is 0 Å². The molecule has 3 heteroatoms. The van der Waals surface area contributed by atoms with Gasteiger partial charge < -0.3 is 10.1 Å². The zero-order valence-corrected chi connectivity index (χ0v) is 8.82. The number of hydrogen-bond donors (Lipinski definition) is 1. The van der Waals surface area contributed by atoms with E-state index in [0.717, 1.165) is 13.0 Å². The van der Waals surface area contributed by atoms with Crippen molar-refractivity contribution in [3.63, 3.8) is 0 Å². The first-order chi connectivity index (χ1) is 7.31. The molecule has 0 amide bonds. The molecule has 0 saturated carbocycles. The van der Waals surface area contributed by atoms with Crippen LogP contribution in [0.5, 0.6) is 0 Å². The van der Waals surface area contributed by atoms with Crippen LogP contribution in [0.25, 0.3) is 0 Å². The lowest BCUT2D eigenvalue weighted by Crippen LogP contribution is -2.14. The predicted molar refractivity (Wildman–Crippen MR) is 57.3 cm³/mol. The molecule has 0 fully saturated rings. The van der Waals surface area contributed by atoms with Crippen molar-refractivity contribution >= 4 is 5.97 Å². The van der Waals surface area contributed by atoms with Crippen LogP contribution in [0.2, 0.25) is 0 Å². The van der Waals surface area contributed by atoms with E-state index in [0.29, 0.717) is 12.5 Å². The van der Waals surface area contributed by atoms with E-state index in [2.05, 4.69) is 22.2 Å². The summed E-state index contributed by atoms with van der Waals surface area (Å²) in [6, 6.07) is 8.64. The van der Waals surface area contributed by atoms with Crippen molar-refractivity contribution in [2.45, 2.75) is 25.4 Å². The zero-order valence-electron chi connectivity index (χ0n) is 8.82. The SMILES string of the molecule is COC(=O)CCC1NCc2ccccc21. The van der Waals surface area contributed by atoms with E-state index < -0.39 is 0 Å². The standard InChI is InChI=1S/C12H15NO2/c1-15-12(14)7-6-11-10-5-3-2-4-9(10)8-13-11/h2-5,11,13H,6-8H2,1H3. The van der Waals surface area contributed by atoms with Gasteiger partial charge in [0, 0.05) is 19.0 Å². The Hall–Kier alpha value is -1.35. The Bertz CT molecular complexity index is 362. The van der Waals surface area contributed by atoms with E-state index in [1.165, 1.54) is 18.2 Å². The molecule has 1 unspecified atom stereocenters. The normalized spacial score (nSPS) is 18.6. The van der Waals surface area contributed by atoms with Crippen molar-refractivity contribution < 1.29 is 9.53 Å². The molecular formula is C12H15NO2. The van der Waals surface area contributed by atoms with Crippen LogP contribution in [0.1, 0.15) is 30.0 Å². The Morgan fingerprint density at radius 3 is 3.13 bits per heavy atom. The van der Waals surface area contributed by atoms with Gasteiger partial charge in [-0.1, -0.05) is 24.3 Å². The number of rotatable bonds is 3. The smallest absolute Gasteiger partial charge is 0.305 e. The molecule has 1 atom stereocenters. The third kappa shape index (κ3) is 2.18. The fourth-order valence-electron chi connectivity index (χ4n) is 2.00. The van der Waals surface area contributed by atoms with Crippen molar-refractivity contribution in [2.75, 3.05) is 7.11 Å². The van der Waals surface area contributed by atoms with E-state index >= 15 is 0 Å². The summed E-state index contributed by atoms with van der Waals surface area (Å²) in [6.45, 7) is 0.905. The number of fused-ring (bicyclic) bond motifs is 1. The van der Waals surface area contributed by atoms with Crippen molar-refractivity contribution in [1.82, 2.24) is 5.32 Å². The van der Waals surface area contributed by atoms with E-state index in [1.54, 1.807) is 0 Å². The first kappa shape index (κ1) is 10.2. The Morgan fingerprint density at radius 1 is 1.53 bits per heavy atom. The Morgan fingerprint density at radius 2 is 2.33 bits per heavy atom. The number of esters is 1. The molecule has 0 bridgehead atoms. The Kier molecular flexibility index (Phi) is 3.02. The fraction of sp³-hybridized carbons (Fsp3) is 0.417. The van der Waals surface area contributed by atoms with Gasteiger partial charge in [0.25, 0.3) is 0 Å². The summed E-state index contributed by atoms with van der Waals surface area (Å²) in [5, 5.41) is 3.39. The maximum absolute atomic E-state index is 11.0. The number of benzene rings is 1. The highest BCUT2D eigenvalue weighted by Gasteiger charge is 2.21. The van der Waals surface area contributed by atoms with Gasteiger partial charge in [-0.15, -0.1) is 0 Å². The molecule has 3 nitrogen and oxygen atoms in total. The van der Waals surface area contributed by atoms with Crippen molar-refractivity contribution in [3.05, 3.63) is 35.4 Å². The molecule has 80 valence electrons. The minimum absolute atomic E-state index is 0.138. The quantitative estimate of drug-likeness (QED) is 0.764. The maximum Gasteiger partial charge on any atom is 0.305 e. The molecule has 0 saturated heterocycles. The molecular weight excluding hydrogens is 190 g/mol. The number of methoxy groups -OCH3 is 1. The highest BCUT2D eigenvalue weighted by Crippen LogP contribution is 2.28. The van der Waals surface area contributed by atoms with Crippen LogP contribution < -0.4 is 5.32 Å². The summed E-state index contributed by atoms with van der Waals surface area (Å²) in [6.07, 6.45) is 1.28. The molecule has 0 aliphatic carbocycles. The highest BCUT2D eigenvalue weighted by molar-refractivity contribution is 5.69. The van der Waals surface area contributed by atoms with Gasteiger partial charge >= 0.3 is 5.97 Å². The largest absolute Gasteiger partial charge is 0.469 e. The molecule has 1 heterocycles. The second-order valence-electron chi connectivity index (χ2n) is 3.75. The Balaban J connectivity index is 1.99. The molecule has 1 aromatic rings. The van der Waals surface area contributed by atoms with Crippen molar-refractivity contribution in [2.24, 2.45) is 0 Å². The van der Waals surface area contributed by atoms with Gasteiger partial charge in [-0.25, -0.2) is 0 Å². The summed E-state index contributed by atoms with van der Waals surface area (Å²) in [5.74, 6) is -0.138. The second kappa shape index (κ2) is 4.45. The van der Waals surface area contributed by atoms with Crippen LogP contribution in [-0.4, -0.2) is 13.1 Å². The van der Waals surface area contributed by atoms with E-state index in [4.69, 9.17) is 0 Å². The molecule has 1 N–H and O–H groups in total. The van der Waals surface area contributed by atoms with Gasteiger partial charge in [-0.05, 0) is 17.5 Å². The lowest BCUT2D eigenvalue weighted by atomic mass is 10.0. The summed E-state index contributed by atoms with van der Waals surface area (Å²) in [7, 11) is 1.43. The number of carbonyl (C=O) groups excluding carboxylic acids is 1. The molecule has 15 heavy (non-hydrogen) atoms. The van der Waals surface area contributed by atoms with Gasteiger partial charge in [0.15, 0.2) is 0 Å². The van der Waals surface area contributed by atoms with Crippen molar-refractivity contribution in [1.29, 1.82) is 0 Å². The number of hydrogen-bond acceptors (Lipinski definition) is 3.